The minimum absolute atomic E-state index is 0.0816. The lowest BCUT2D eigenvalue weighted by atomic mass is 10.1. The highest BCUT2D eigenvalue weighted by Gasteiger charge is 2.22. The zero-order valence-corrected chi connectivity index (χ0v) is 12.8. The van der Waals surface area contributed by atoms with Crippen LogP contribution in [0.15, 0.2) is 6.20 Å². The summed E-state index contributed by atoms with van der Waals surface area (Å²) >= 11 is 5.82. The van der Waals surface area contributed by atoms with Crippen molar-refractivity contribution in [1.82, 2.24) is 24.9 Å². The molecule has 0 aliphatic rings. The van der Waals surface area contributed by atoms with E-state index in [2.05, 4.69) is 30.2 Å². The lowest BCUT2D eigenvalue weighted by Crippen LogP contribution is -2.47. The number of hydrogen-bond donors (Lipinski definition) is 3. The number of aromatic amines is 1. The van der Waals surface area contributed by atoms with Crippen LogP contribution in [0.2, 0.25) is 5.28 Å². The number of nitrogens with zero attached hydrogens (tertiary/aromatic N) is 3. The normalized spacial score (nSPS) is 12.8. The third-order valence-electron chi connectivity index (χ3n) is 2.44. The minimum Gasteiger partial charge on any atom is -0.367 e. The number of anilines is 1. The molecule has 0 atom stereocenters. The van der Waals surface area contributed by atoms with Gasteiger partial charge in [-0.05, 0) is 25.4 Å². The molecule has 3 N–H and O–H groups in total. The van der Waals surface area contributed by atoms with E-state index in [4.69, 9.17) is 11.6 Å². The number of sulfonamides is 1. The first-order valence-corrected chi connectivity index (χ1v) is 8.03. The summed E-state index contributed by atoms with van der Waals surface area (Å²) in [6, 6.07) is 0. The number of fused-ring (bicyclic) bond motifs is 1. The zero-order valence-electron chi connectivity index (χ0n) is 11.2. The van der Waals surface area contributed by atoms with Crippen molar-refractivity contribution >= 4 is 38.5 Å². The molecule has 0 spiro atoms. The summed E-state index contributed by atoms with van der Waals surface area (Å²) in [5, 5.41) is 10.4. The summed E-state index contributed by atoms with van der Waals surface area (Å²) in [7, 11) is -3.29. The Kier molecular flexibility index (Phi) is 3.85. The molecule has 2 rings (SSSR count). The van der Waals surface area contributed by atoms with Gasteiger partial charge in [0, 0.05) is 12.1 Å². The molecule has 0 saturated carbocycles. The summed E-state index contributed by atoms with van der Waals surface area (Å²) in [5.41, 5.74) is -0.164. The van der Waals surface area contributed by atoms with Crippen molar-refractivity contribution < 1.29 is 8.42 Å². The highest BCUT2D eigenvalue weighted by Crippen LogP contribution is 2.20. The topological polar surface area (TPSA) is 113 Å². The largest absolute Gasteiger partial charge is 0.367 e. The van der Waals surface area contributed by atoms with Crippen LogP contribution in [0.1, 0.15) is 13.8 Å². The van der Waals surface area contributed by atoms with Gasteiger partial charge in [-0.3, -0.25) is 5.10 Å². The number of halogens is 1. The van der Waals surface area contributed by atoms with Crippen LogP contribution >= 0.6 is 11.6 Å². The molecule has 0 bridgehead atoms. The molecule has 0 unspecified atom stereocenters. The van der Waals surface area contributed by atoms with Gasteiger partial charge in [-0.2, -0.15) is 15.1 Å². The van der Waals surface area contributed by atoms with Crippen LogP contribution in [0.5, 0.6) is 0 Å². The number of hydrogen-bond acceptors (Lipinski definition) is 6. The van der Waals surface area contributed by atoms with E-state index in [0.29, 0.717) is 23.4 Å². The second-order valence-electron chi connectivity index (χ2n) is 5.09. The van der Waals surface area contributed by atoms with Crippen molar-refractivity contribution in [2.45, 2.75) is 19.4 Å². The molecular formula is C10H15ClN6O2S. The van der Waals surface area contributed by atoms with Gasteiger partial charge < -0.3 is 5.32 Å². The van der Waals surface area contributed by atoms with Crippen LogP contribution in [0.25, 0.3) is 11.0 Å². The predicted molar refractivity (Wildman–Crippen MR) is 77.2 cm³/mol. The van der Waals surface area contributed by atoms with Crippen molar-refractivity contribution in [2.24, 2.45) is 0 Å². The minimum atomic E-state index is -3.29. The quantitative estimate of drug-likeness (QED) is 0.701. The SMILES string of the molecule is CC(C)(CNc1nc(Cl)nc2[nH]ncc12)NS(C)(=O)=O. The van der Waals surface area contributed by atoms with Gasteiger partial charge in [-0.25, -0.2) is 13.1 Å². The zero-order chi connectivity index (χ0) is 15.0. The Balaban J connectivity index is 2.19. The van der Waals surface area contributed by atoms with Gasteiger partial charge in [0.25, 0.3) is 0 Å². The van der Waals surface area contributed by atoms with Crippen molar-refractivity contribution in [2.75, 3.05) is 18.1 Å². The second kappa shape index (κ2) is 5.15. The predicted octanol–water partition coefficient (Wildman–Crippen LogP) is 0.746. The standard InChI is InChI=1S/C10H15ClN6O2S/c1-10(2,17-20(3,18)19)5-12-7-6-4-13-16-8(6)15-9(11)14-7/h4,17H,5H2,1-3H3,(H2,12,13,14,15,16). The molecule has 10 heteroatoms. The van der Waals surface area contributed by atoms with Gasteiger partial charge in [-0.1, -0.05) is 0 Å². The lowest BCUT2D eigenvalue weighted by Gasteiger charge is -2.25. The summed E-state index contributed by atoms with van der Waals surface area (Å²) < 4.78 is 25.1. The van der Waals surface area contributed by atoms with Crippen LogP contribution < -0.4 is 10.0 Å². The van der Waals surface area contributed by atoms with Gasteiger partial charge in [-0.15, -0.1) is 0 Å². The fourth-order valence-corrected chi connectivity index (χ4v) is 3.03. The summed E-state index contributed by atoms with van der Waals surface area (Å²) in [5.74, 6) is 0.497. The summed E-state index contributed by atoms with van der Waals surface area (Å²) in [4.78, 5) is 8.06. The van der Waals surface area contributed by atoms with E-state index < -0.39 is 15.6 Å². The number of aromatic nitrogens is 4. The highest BCUT2D eigenvalue weighted by molar-refractivity contribution is 7.88. The van der Waals surface area contributed by atoms with E-state index in [1.807, 2.05) is 0 Å². The maximum absolute atomic E-state index is 11.3. The van der Waals surface area contributed by atoms with Crippen molar-refractivity contribution in [3.05, 3.63) is 11.5 Å². The Morgan fingerprint density at radius 2 is 2.10 bits per heavy atom. The Bertz CT molecular complexity index is 726. The lowest BCUT2D eigenvalue weighted by molar-refractivity contribution is 0.476. The molecule has 8 nitrogen and oxygen atoms in total. The first-order valence-electron chi connectivity index (χ1n) is 5.76. The molecule has 0 aliphatic heterocycles. The third-order valence-corrected chi connectivity index (χ3v) is 3.53. The van der Waals surface area contributed by atoms with E-state index in [1.54, 1.807) is 20.0 Å². The average molecular weight is 319 g/mol. The van der Waals surface area contributed by atoms with E-state index in [0.717, 1.165) is 6.26 Å². The van der Waals surface area contributed by atoms with Crippen LogP contribution in [0.4, 0.5) is 5.82 Å². The monoisotopic (exact) mass is 318 g/mol. The smallest absolute Gasteiger partial charge is 0.226 e. The number of rotatable bonds is 5. The molecular weight excluding hydrogens is 304 g/mol. The molecule has 0 aliphatic carbocycles. The van der Waals surface area contributed by atoms with E-state index >= 15 is 0 Å². The molecule has 0 amide bonds. The maximum atomic E-state index is 11.3. The van der Waals surface area contributed by atoms with E-state index in [1.165, 1.54) is 0 Å². The van der Waals surface area contributed by atoms with Crippen molar-refractivity contribution in [1.29, 1.82) is 0 Å². The summed E-state index contributed by atoms with van der Waals surface area (Å²) in [6.45, 7) is 3.85. The first-order chi connectivity index (χ1) is 9.16. The van der Waals surface area contributed by atoms with E-state index in [-0.39, 0.29) is 5.28 Å². The Morgan fingerprint density at radius 1 is 1.40 bits per heavy atom. The Hall–Kier alpha value is -1.45. The van der Waals surface area contributed by atoms with Gasteiger partial charge in [0.15, 0.2) is 5.65 Å². The molecule has 2 heterocycles. The fourth-order valence-electron chi connectivity index (χ4n) is 1.79. The molecule has 20 heavy (non-hydrogen) atoms. The molecule has 2 aromatic rings. The van der Waals surface area contributed by atoms with Crippen LogP contribution in [-0.2, 0) is 10.0 Å². The molecule has 0 saturated heterocycles. The second-order valence-corrected chi connectivity index (χ2v) is 7.17. The molecule has 2 aromatic heterocycles. The van der Waals surface area contributed by atoms with Crippen LogP contribution in [-0.4, -0.2) is 46.9 Å². The van der Waals surface area contributed by atoms with Gasteiger partial charge in [0.1, 0.15) is 5.82 Å². The highest BCUT2D eigenvalue weighted by atomic mass is 35.5. The van der Waals surface area contributed by atoms with Gasteiger partial charge in [0.05, 0.1) is 17.8 Å². The van der Waals surface area contributed by atoms with Crippen LogP contribution in [0, 0.1) is 0 Å². The van der Waals surface area contributed by atoms with Crippen LogP contribution in [0.3, 0.4) is 0 Å². The maximum Gasteiger partial charge on any atom is 0.226 e. The van der Waals surface area contributed by atoms with Gasteiger partial charge in [0.2, 0.25) is 15.3 Å². The average Bonchev–Trinajstić information content (AvgIpc) is 2.70. The molecule has 0 fully saturated rings. The number of H-pyrrole nitrogens is 1. The molecule has 0 radical (unpaired) electrons. The summed E-state index contributed by atoms with van der Waals surface area (Å²) in [6.07, 6.45) is 2.69. The Morgan fingerprint density at radius 3 is 2.75 bits per heavy atom. The van der Waals surface area contributed by atoms with Gasteiger partial charge >= 0.3 is 0 Å². The molecule has 0 aromatic carbocycles. The van der Waals surface area contributed by atoms with Crippen molar-refractivity contribution in [3.8, 4) is 0 Å². The first kappa shape index (κ1) is 14.9. The Labute approximate surface area is 121 Å². The van der Waals surface area contributed by atoms with Crippen molar-refractivity contribution in [3.63, 3.8) is 0 Å². The number of nitrogens with one attached hydrogen (secondary N) is 3. The third kappa shape index (κ3) is 3.78. The fraction of sp³-hybridized carbons (Fsp3) is 0.500. The van der Waals surface area contributed by atoms with E-state index in [9.17, 15) is 8.42 Å². The molecule has 110 valence electrons.